The Morgan fingerprint density at radius 2 is 0.932 bits per heavy atom. The summed E-state index contributed by atoms with van der Waals surface area (Å²) in [7, 11) is 3.83. The summed E-state index contributed by atoms with van der Waals surface area (Å²) in [5.74, 6) is 4.84. The molecule has 0 radical (unpaired) electrons. The lowest BCUT2D eigenvalue weighted by atomic mass is 9.80. The van der Waals surface area contributed by atoms with Crippen LogP contribution in [0.15, 0.2) is 48.5 Å². The number of anilines is 2. The summed E-state index contributed by atoms with van der Waals surface area (Å²) in [6, 6.07) is 16.0. The Labute approximate surface area is 428 Å². The fraction of sp³-hybridized carbons (Fsp3) is 0.528. The number of piperidine rings is 2. The SMILES string of the molecule is CCc1nc2ccccc2n1-c1nc(N2CCOCC2)c2nc(C(C)(O)C3CCN(C(=O)N4CCC(C(C)(O)c5nc6c(N7CCOCC7)nc(-n7c(CC)nc8ccccc87)nc6n5C)CC4)CC3)n(C)c2n1. The zero-order valence-electron chi connectivity index (χ0n) is 43.3. The van der Waals surface area contributed by atoms with Crippen LogP contribution in [0.5, 0.6) is 0 Å². The molecular weight excluding hydrogens is 941 g/mol. The van der Waals surface area contributed by atoms with E-state index < -0.39 is 11.2 Å². The summed E-state index contributed by atoms with van der Waals surface area (Å²) < 4.78 is 19.4. The monoisotopic (exact) mass is 1010 g/mol. The maximum absolute atomic E-state index is 14.3. The number of nitrogens with zero attached hydrogens (tertiary/aromatic N) is 16. The number of aryl methyl sites for hydroxylation is 4. The predicted octanol–water partition coefficient (Wildman–Crippen LogP) is 5.18. The molecule has 4 aliphatic rings. The average Bonchev–Trinajstić information content (AvgIpc) is 4.21. The molecule has 8 aromatic rings. The van der Waals surface area contributed by atoms with Gasteiger partial charge in [-0.25, -0.2) is 24.7 Å². The second-order valence-corrected chi connectivity index (χ2v) is 20.7. The van der Waals surface area contributed by atoms with Gasteiger partial charge in [0.05, 0.1) is 48.5 Å². The van der Waals surface area contributed by atoms with Gasteiger partial charge in [0.15, 0.2) is 34.0 Å². The molecule has 2 unspecified atom stereocenters. The van der Waals surface area contributed by atoms with E-state index in [2.05, 4.69) is 23.6 Å². The largest absolute Gasteiger partial charge is 0.382 e. The number of amides is 2. The first-order valence-electron chi connectivity index (χ1n) is 26.4. The molecule has 6 aromatic heterocycles. The van der Waals surface area contributed by atoms with Crippen LogP contribution in [-0.4, -0.2) is 163 Å². The maximum atomic E-state index is 14.3. The molecule has 2 aromatic carbocycles. The van der Waals surface area contributed by atoms with E-state index in [4.69, 9.17) is 49.3 Å². The van der Waals surface area contributed by atoms with Gasteiger partial charge in [-0.1, -0.05) is 38.1 Å². The number of para-hydroxylation sites is 4. The smallest absolute Gasteiger partial charge is 0.319 e. The minimum absolute atomic E-state index is 0.0143. The van der Waals surface area contributed by atoms with E-state index in [9.17, 15) is 15.0 Å². The van der Waals surface area contributed by atoms with Crippen LogP contribution in [0.3, 0.4) is 0 Å². The lowest BCUT2D eigenvalue weighted by Gasteiger charge is -2.43. The molecule has 4 fully saturated rings. The van der Waals surface area contributed by atoms with Gasteiger partial charge in [-0.3, -0.25) is 9.13 Å². The highest BCUT2D eigenvalue weighted by atomic mass is 16.5. The van der Waals surface area contributed by atoms with E-state index >= 15 is 0 Å². The summed E-state index contributed by atoms with van der Waals surface area (Å²) in [4.78, 5) is 63.3. The third-order valence-corrected chi connectivity index (χ3v) is 16.3. The standard InChI is InChI=1S/C53H66N16O5/c1-7-39-54-35-13-9-11-15-37(35)68(39)49-58-43-41(45(60-49)64-25-29-73-30-26-64)56-47(62(43)5)52(3,71)33-17-21-66(22-18-33)51(70)67-23-19-34(20-24-67)53(4,72)48-57-42-44(63(48)6)59-50(61-46(42)65-27-31-74-32-28-65)69-38-16-12-10-14-36(38)55-40(69)8-2/h9-16,33-34,71-72H,7-8,17-32H2,1-6H3. The number of ether oxygens (including phenoxy) is 2. The van der Waals surface area contributed by atoms with Crippen LogP contribution in [0.1, 0.15) is 76.7 Å². The quantitative estimate of drug-likeness (QED) is 0.181. The van der Waals surface area contributed by atoms with Crippen molar-refractivity contribution in [2.24, 2.45) is 25.9 Å². The summed E-state index contributed by atoms with van der Waals surface area (Å²) in [5.41, 5.74) is 3.47. The Morgan fingerprint density at radius 3 is 1.31 bits per heavy atom. The summed E-state index contributed by atoms with van der Waals surface area (Å²) in [6.45, 7) is 14.8. The summed E-state index contributed by atoms with van der Waals surface area (Å²) in [5, 5.41) is 25.1. The van der Waals surface area contributed by atoms with E-state index in [-0.39, 0.29) is 17.9 Å². The maximum Gasteiger partial charge on any atom is 0.319 e. The highest BCUT2D eigenvalue weighted by Crippen LogP contribution is 2.41. The van der Waals surface area contributed by atoms with Crippen molar-refractivity contribution in [1.29, 1.82) is 0 Å². The minimum Gasteiger partial charge on any atom is -0.382 e. The van der Waals surface area contributed by atoms with Gasteiger partial charge in [0.25, 0.3) is 0 Å². The molecule has 388 valence electrons. The number of rotatable bonds is 10. The number of likely N-dealkylation sites (tertiary alicyclic amines) is 2. The highest BCUT2D eigenvalue weighted by Gasteiger charge is 2.44. The van der Waals surface area contributed by atoms with Gasteiger partial charge in [-0.2, -0.15) is 19.9 Å². The second-order valence-electron chi connectivity index (χ2n) is 20.7. The molecule has 12 rings (SSSR count). The first-order chi connectivity index (χ1) is 35.8. The number of imidazole rings is 4. The number of benzene rings is 2. The molecule has 21 nitrogen and oxygen atoms in total. The lowest BCUT2D eigenvalue weighted by molar-refractivity contribution is -0.0450. The molecule has 0 saturated carbocycles. The summed E-state index contributed by atoms with van der Waals surface area (Å²) >= 11 is 0. The lowest BCUT2D eigenvalue weighted by Crippen LogP contribution is -2.52. The molecule has 21 heteroatoms. The molecule has 0 spiro atoms. The fourth-order valence-corrected chi connectivity index (χ4v) is 12.1. The average molecular weight is 1010 g/mol. The number of hydrogen-bond donors (Lipinski definition) is 2. The van der Waals surface area contributed by atoms with Crippen LogP contribution in [0.4, 0.5) is 16.4 Å². The minimum atomic E-state index is -1.33. The fourth-order valence-electron chi connectivity index (χ4n) is 12.1. The van der Waals surface area contributed by atoms with Crippen LogP contribution >= 0.6 is 0 Å². The molecule has 4 saturated heterocycles. The summed E-state index contributed by atoms with van der Waals surface area (Å²) in [6.07, 6.45) is 3.79. The molecular formula is C53H66N16O5. The topological polar surface area (TPSA) is 212 Å². The molecule has 10 heterocycles. The Bertz CT molecular complexity index is 3180. The van der Waals surface area contributed by atoms with E-state index in [1.165, 1.54) is 0 Å². The van der Waals surface area contributed by atoms with Crippen molar-refractivity contribution < 1.29 is 24.5 Å². The number of fused-ring (bicyclic) bond motifs is 4. The molecule has 2 N–H and O–H groups in total. The van der Waals surface area contributed by atoms with Crippen LogP contribution in [0.25, 0.3) is 56.3 Å². The van der Waals surface area contributed by atoms with E-state index in [0.717, 1.165) is 33.7 Å². The van der Waals surface area contributed by atoms with Gasteiger partial charge in [0.1, 0.15) is 34.5 Å². The normalized spacial score (nSPS) is 19.4. The van der Waals surface area contributed by atoms with Gasteiger partial charge >= 0.3 is 6.03 Å². The predicted molar refractivity (Wildman–Crippen MR) is 280 cm³/mol. The van der Waals surface area contributed by atoms with Crippen molar-refractivity contribution in [3.8, 4) is 11.9 Å². The van der Waals surface area contributed by atoms with Crippen molar-refractivity contribution in [3.05, 3.63) is 71.8 Å². The van der Waals surface area contributed by atoms with Crippen LogP contribution in [-0.2, 0) is 47.6 Å². The Balaban J connectivity index is 0.756. The number of carbonyl (C=O) groups is 1. The van der Waals surface area contributed by atoms with Crippen molar-refractivity contribution in [1.82, 2.24) is 67.9 Å². The number of aliphatic hydroxyl groups is 2. The van der Waals surface area contributed by atoms with Crippen molar-refractivity contribution in [2.45, 2.75) is 77.4 Å². The van der Waals surface area contributed by atoms with Crippen LogP contribution < -0.4 is 9.80 Å². The first kappa shape index (κ1) is 48.1. The first-order valence-corrected chi connectivity index (χ1v) is 26.4. The number of hydrogen-bond acceptors (Lipinski definition) is 15. The zero-order valence-corrected chi connectivity index (χ0v) is 43.3. The third kappa shape index (κ3) is 8.00. The van der Waals surface area contributed by atoms with Crippen LogP contribution in [0.2, 0.25) is 0 Å². The van der Waals surface area contributed by atoms with Crippen molar-refractivity contribution in [2.75, 3.05) is 88.6 Å². The number of morpholine rings is 2. The van der Waals surface area contributed by atoms with Gasteiger partial charge in [0, 0.05) is 79.3 Å². The van der Waals surface area contributed by atoms with Crippen LogP contribution in [0, 0.1) is 11.8 Å². The molecule has 0 aliphatic carbocycles. The number of carbonyl (C=O) groups excluding carboxylic acids is 1. The third-order valence-electron chi connectivity index (χ3n) is 16.3. The zero-order chi connectivity index (χ0) is 51.0. The molecule has 2 atom stereocenters. The molecule has 0 bridgehead atoms. The molecule has 4 aliphatic heterocycles. The number of aromatic nitrogens is 12. The van der Waals surface area contributed by atoms with Crippen molar-refractivity contribution in [3.63, 3.8) is 0 Å². The van der Waals surface area contributed by atoms with Gasteiger partial charge in [-0.15, -0.1) is 0 Å². The van der Waals surface area contributed by atoms with E-state index in [1.807, 2.05) is 105 Å². The molecule has 74 heavy (non-hydrogen) atoms. The van der Waals surface area contributed by atoms with E-state index in [1.54, 1.807) is 0 Å². The highest BCUT2D eigenvalue weighted by molar-refractivity contribution is 5.87. The Hall–Kier alpha value is -6.81. The Kier molecular flexibility index (Phi) is 12.3. The van der Waals surface area contributed by atoms with Gasteiger partial charge in [0.2, 0.25) is 11.9 Å². The Morgan fingerprint density at radius 1 is 0.554 bits per heavy atom. The van der Waals surface area contributed by atoms with Gasteiger partial charge in [-0.05, 0) is 75.6 Å². The molecule has 2 amide bonds. The second kappa shape index (κ2) is 18.8. The van der Waals surface area contributed by atoms with Crippen molar-refractivity contribution >= 4 is 62.1 Å². The van der Waals surface area contributed by atoms with E-state index in [0.29, 0.717) is 175 Å². The van der Waals surface area contributed by atoms with Gasteiger partial charge < -0.3 is 48.4 Å². The number of urea groups is 1.